The second-order valence-corrected chi connectivity index (χ2v) is 4.25. The number of hydrogen-bond donors (Lipinski definition) is 0. The molecule has 0 radical (unpaired) electrons. The quantitative estimate of drug-likeness (QED) is 0.772. The van der Waals surface area contributed by atoms with Crippen molar-refractivity contribution in [2.75, 3.05) is 18.1 Å². The Kier molecular flexibility index (Phi) is 2.63. The lowest BCUT2D eigenvalue weighted by Crippen LogP contribution is -2.29. The maximum atomic E-state index is 11.8. The van der Waals surface area contributed by atoms with Crippen LogP contribution in [0.3, 0.4) is 0 Å². The van der Waals surface area contributed by atoms with Crippen molar-refractivity contribution < 1.29 is 9.53 Å². The molecule has 0 N–H and O–H groups in total. The molecular formula is C14H14N2O2. The molecule has 0 unspecified atom stereocenters. The zero-order chi connectivity index (χ0) is 12.5. The highest BCUT2D eigenvalue weighted by molar-refractivity contribution is 5.93. The largest absolute Gasteiger partial charge is 0.449 e. The molecule has 0 atom stereocenters. The van der Waals surface area contributed by atoms with Crippen LogP contribution in [0.2, 0.25) is 0 Å². The maximum absolute atomic E-state index is 11.8. The molecule has 2 aromatic rings. The van der Waals surface area contributed by atoms with Crippen molar-refractivity contribution >= 4 is 22.7 Å². The summed E-state index contributed by atoms with van der Waals surface area (Å²) in [6.07, 6.45) is 0.507. The predicted molar refractivity (Wildman–Crippen MR) is 69.8 cm³/mol. The van der Waals surface area contributed by atoms with Gasteiger partial charge in [0.25, 0.3) is 0 Å². The fraction of sp³-hybridized carbons (Fsp3) is 0.286. The third-order valence-electron chi connectivity index (χ3n) is 3.13. The molecule has 4 heteroatoms. The second-order valence-electron chi connectivity index (χ2n) is 4.25. The molecule has 0 spiro atoms. The summed E-state index contributed by atoms with van der Waals surface area (Å²) in [5.41, 5.74) is 2.83. The first-order chi connectivity index (χ1) is 8.79. The van der Waals surface area contributed by atoms with Crippen LogP contribution in [-0.4, -0.2) is 24.2 Å². The molecule has 1 amide bonds. The first-order valence-electron chi connectivity index (χ1n) is 6.12. The van der Waals surface area contributed by atoms with E-state index in [1.165, 1.54) is 0 Å². The standard InChI is InChI=1S/C14H14N2O2/c1-2-18-14(17)16-8-7-12-13(16)9-10-5-3-4-6-11(10)15-12/h3-6,9H,2,7-8H2,1H3. The zero-order valence-electron chi connectivity index (χ0n) is 10.2. The number of amides is 1. The Labute approximate surface area is 105 Å². The highest BCUT2D eigenvalue weighted by Crippen LogP contribution is 2.30. The molecule has 1 aromatic heterocycles. The van der Waals surface area contributed by atoms with Crippen molar-refractivity contribution in [1.82, 2.24) is 4.98 Å². The summed E-state index contributed by atoms with van der Waals surface area (Å²) in [6, 6.07) is 9.95. The molecule has 18 heavy (non-hydrogen) atoms. The van der Waals surface area contributed by atoms with Gasteiger partial charge in [-0.2, -0.15) is 0 Å². The summed E-state index contributed by atoms with van der Waals surface area (Å²) in [6.45, 7) is 2.86. The Morgan fingerprint density at radius 1 is 1.44 bits per heavy atom. The monoisotopic (exact) mass is 242 g/mol. The van der Waals surface area contributed by atoms with Crippen molar-refractivity contribution in [2.45, 2.75) is 13.3 Å². The van der Waals surface area contributed by atoms with Crippen LogP contribution in [0.4, 0.5) is 10.5 Å². The lowest BCUT2D eigenvalue weighted by molar-refractivity contribution is 0.160. The summed E-state index contributed by atoms with van der Waals surface area (Å²) < 4.78 is 5.05. The Bertz CT molecular complexity index is 610. The summed E-state index contributed by atoms with van der Waals surface area (Å²) >= 11 is 0. The number of pyridine rings is 1. The number of anilines is 1. The molecule has 4 nitrogen and oxygen atoms in total. The van der Waals surface area contributed by atoms with E-state index >= 15 is 0 Å². The topological polar surface area (TPSA) is 42.4 Å². The Balaban J connectivity index is 2.05. The first kappa shape index (κ1) is 11.0. The predicted octanol–water partition coefficient (Wildman–Crippen LogP) is 2.75. The van der Waals surface area contributed by atoms with Gasteiger partial charge in [-0.3, -0.25) is 9.88 Å². The highest BCUT2D eigenvalue weighted by Gasteiger charge is 2.27. The molecule has 0 fully saturated rings. The fourth-order valence-electron chi connectivity index (χ4n) is 2.29. The number of benzene rings is 1. The number of rotatable bonds is 1. The van der Waals surface area contributed by atoms with Crippen LogP contribution in [0.1, 0.15) is 12.6 Å². The average Bonchev–Trinajstić information content (AvgIpc) is 2.79. The molecule has 0 saturated carbocycles. The van der Waals surface area contributed by atoms with Gasteiger partial charge in [0.1, 0.15) is 0 Å². The number of fused-ring (bicyclic) bond motifs is 2. The van der Waals surface area contributed by atoms with Gasteiger partial charge in [0.2, 0.25) is 0 Å². The summed E-state index contributed by atoms with van der Waals surface area (Å²) in [4.78, 5) is 18.1. The van der Waals surface area contributed by atoms with Crippen LogP contribution in [0.5, 0.6) is 0 Å². The van der Waals surface area contributed by atoms with Crippen LogP contribution < -0.4 is 4.90 Å². The number of aromatic nitrogens is 1. The first-order valence-corrected chi connectivity index (χ1v) is 6.12. The number of ether oxygens (including phenoxy) is 1. The van der Waals surface area contributed by atoms with Crippen molar-refractivity contribution in [1.29, 1.82) is 0 Å². The fourth-order valence-corrected chi connectivity index (χ4v) is 2.29. The molecule has 1 aliphatic heterocycles. The van der Waals surface area contributed by atoms with E-state index < -0.39 is 0 Å². The minimum Gasteiger partial charge on any atom is -0.449 e. The maximum Gasteiger partial charge on any atom is 0.414 e. The van der Waals surface area contributed by atoms with E-state index in [-0.39, 0.29) is 6.09 Å². The molecule has 3 rings (SSSR count). The normalized spacial score (nSPS) is 13.7. The lowest BCUT2D eigenvalue weighted by atomic mass is 10.2. The van der Waals surface area contributed by atoms with Gasteiger partial charge < -0.3 is 4.74 Å². The van der Waals surface area contributed by atoms with E-state index in [1.807, 2.05) is 37.3 Å². The van der Waals surface area contributed by atoms with Gasteiger partial charge in [0.15, 0.2) is 0 Å². The summed E-state index contributed by atoms with van der Waals surface area (Å²) in [5.74, 6) is 0. The van der Waals surface area contributed by atoms with Crippen molar-refractivity contribution in [3.8, 4) is 0 Å². The number of carbonyl (C=O) groups excluding carboxylic acids is 1. The highest BCUT2D eigenvalue weighted by atomic mass is 16.6. The van der Waals surface area contributed by atoms with Gasteiger partial charge in [-0.25, -0.2) is 4.79 Å². The smallest absolute Gasteiger partial charge is 0.414 e. The molecule has 2 heterocycles. The van der Waals surface area contributed by atoms with Crippen LogP contribution in [-0.2, 0) is 11.2 Å². The Morgan fingerprint density at radius 2 is 2.28 bits per heavy atom. The van der Waals surface area contributed by atoms with Gasteiger partial charge >= 0.3 is 6.09 Å². The summed E-state index contributed by atoms with van der Waals surface area (Å²) in [5, 5.41) is 1.05. The minimum atomic E-state index is -0.284. The van der Waals surface area contributed by atoms with E-state index in [0.717, 1.165) is 28.7 Å². The molecule has 1 aliphatic rings. The van der Waals surface area contributed by atoms with E-state index in [9.17, 15) is 4.79 Å². The van der Waals surface area contributed by atoms with E-state index in [4.69, 9.17) is 4.74 Å². The number of carbonyl (C=O) groups is 1. The minimum absolute atomic E-state index is 0.284. The molecule has 92 valence electrons. The lowest BCUT2D eigenvalue weighted by Gasteiger charge is -2.16. The van der Waals surface area contributed by atoms with Gasteiger partial charge in [-0.05, 0) is 19.1 Å². The van der Waals surface area contributed by atoms with E-state index in [2.05, 4.69) is 4.98 Å². The zero-order valence-corrected chi connectivity index (χ0v) is 10.2. The summed E-state index contributed by atoms with van der Waals surface area (Å²) in [7, 11) is 0. The van der Waals surface area contributed by atoms with Crippen LogP contribution >= 0.6 is 0 Å². The second kappa shape index (κ2) is 4.29. The van der Waals surface area contributed by atoms with Gasteiger partial charge in [-0.1, -0.05) is 18.2 Å². The van der Waals surface area contributed by atoms with E-state index in [1.54, 1.807) is 4.90 Å². The van der Waals surface area contributed by atoms with Crippen molar-refractivity contribution in [3.63, 3.8) is 0 Å². The van der Waals surface area contributed by atoms with Gasteiger partial charge in [-0.15, -0.1) is 0 Å². The third-order valence-corrected chi connectivity index (χ3v) is 3.13. The SMILES string of the molecule is CCOC(=O)N1CCc2nc3ccccc3cc21. The molecule has 0 bridgehead atoms. The van der Waals surface area contributed by atoms with Crippen LogP contribution in [0.25, 0.3) is 10.9 Å². The molecule has 0 aliphatic carbocycles. The average molecular weight is 242 g/mol. The number of nitrogens with zero attached hydrogens (tertiary/aromatic N) is 2. The number of hydrogen-bond acceptors (Lipinski definition) is 3. The van der Waals surface area contributed by atoms with Crippen LogP contribution in [0.15, 0.2) is 30.3 Å². The van der Waals surface area contributed by atoms with Crippen molar-refractivity contribution in [2.24, 2.45) is 0 Å². The molecular weight excluding hydrogens is 228 g/mol. The van der Waals surface area contributed by atoms with Crippen molar-refractivity contribution in [3.05, 3.63) is 36.0 Å². The third kappa shape index (κ3) is 1.70. The molecule has 0 saturated heterocycles. The van der Waals surface area contributed by atoms with Gasteiger partial charge in [0, 0.05) is 18.4 Å². The van der Waals surface area contributed by atoms with Gasteiger partial charge in [0.05, 0.1) is 23.5 Å². The van der Waals surface area contributed by atoms with Crippen LogP contribution in [0, 0.1) is 0 Å². The Hall–Kier alpha value is -2.10. The number of para-hydroxylation sites is 1. The Morgan fingerprint density at radius 3 is 3.11 bits per heavy atom. The molecule has 1 aromatic carbocycles. The van der Waals surface area contributed by atoms with E-state index in [0.29, 0.717) is 13.2 Å².